The van der Waals surface area contributed by atoms with E-state index in [1.807, 2.05) is 71.6 Å². The van der Waals surface area contributed by atoms with E-state index in [1.54, 1.807) is 12.1 Å². The molecule has 0 heterocycles. The van der Waals surface area contributed by atoms with Gasteiger partial charge in [-0.15, -0.1) is 0 Å². The molecule has 1 aliphatic rings. The van der Waals surface area contributed by atoms with E-state index in [0.29, 0.717) is 44.3 Å². The minimum atomic E-state index is -0.359. The maximum atomic E-state index is 13.3. The van der Waals surface area contributed by atoms with E-state index in [1.165, 1.54) is 18.2 Å². The molecule has 59 heavy (non-hydrogen) atoms. The first-order valence-electron chi connectivity index (χ1n) is 21.4. The molecule has 8 nitrogen and oxygen atoms in total. The number of carbonyl (C=O) groups is 2. The van der Waals surface area contributed by atoms with Crippen LogP contribution in [-0.2, 0) is 48.6 Å². The fourth-order valence-corrected chi connectivity index (χ4v) is 7.86. The lowest BCUT2D eigenvalue weighted by Crippen LogP contribution is -2.40. The Balaban J connectivity index is 1.02. The summed E-state index contributed by atoms with van der Waals surface area (Å²) in [7, 11) is 1.38. The zero-order valence-electron chi connectivity index (χ0n) is 34.9. The topological polar surface area (TPSA) is 77.5 Å². The number of hydrogen-bond donors (Lipinski definition) is 0. The summed E-state index contributed by atoms with van der Waals surface area (Å²) in [6.07, 6.45) is 8.70. The Morgan fingerprint density at radius 1 is 0.627 bits per heavy atom. The van der Waals surface area contributed by atoms with Crippen LogP contribution < -0.4 is 9.47 Å². The third-order valence-electron chi connectivity index (χ3n) is 11.1. The fraction of sp³-hybridized carbons (Fsp3) is 0.373. The molecule has 0 spiro atoms. The zero-order valence-corrected chi connectivity index (χ0v) is 34.9. The van der Waals surface area contributed by atoms with Crippen molar-refractivity contribution in [1.82, 2.24) is 9.80 Å². The lowest BCUT2D eigenvalue weighted by molar-refractivity contribution is 0.0600. The molecule has 0 bridgehead atoms. The van der Waals surface area contributed by atoms with Gasteiger partial charge in [-0.1, -0.05) is 129 Å². The number of amides is 1. The van der Waals surface area contributed by atoms with Gasteiger partial charge in [0, 0.05) is 24.7 Å². The molecule has 0 fully saturated rings. The third-order valence-corrected chi connectivity index (χ3v) is 11.1. The fourth-order valence-electron chi connectivity index (χ4n) is 7.86. The molecule has 1 amide bonds. The van der Waals surface area contributed by atoms with E-state index in [4.69, 9.17) is 18.9 Å². The number of esters is 1. The summed E-state index contributed by atoms with van der Waals surface area (Å²) in [5.41, 5.74) is 7.44. The monoisotopic (exact) mass is 796 g/mol. The van der Waals surface area contributed by atoms with E-state index >= 15 is 0 Å². The molecule has 5 aromatic rings. The van der Waals surface area contributed by atoms with Crippen LogP contribution in [0, 0.1) is 0 Å². The van der Waals surface area contributed by atoms with E-state index in [-0.39, 0.29) is 18.7 Å². The van der Waals surface area contributed by atoms with Crippen LogP contribution >= 0.6 is 0 Å². The summed E-state index contributed by atoms with van der Waals surface area (Å²) in [4.78, 5) is 29.7. The largest absolute Gasteiger partial charge is 0.485 e. The van der Waals surface area contributed by atoms with Crippen LogP contribution in [0.1, 0.15) is 89.2 Å². The van der Waals surface area contributed by atoms with Gasteiger partial charge < -0.3 is 28.7 Å². The van der Waals surface area contributed by atoms with Crippen molar-refractivity contribution in [3.05, 3.63) is 166 Å². The predicted octanol–water partition coefficient (Wildman–Crippen LogP) is 10.6. The summed E-state index contributed by atoms with van der Waals surface area (Å²) in [5, 5.41) is 0. The number of carbonyl (C=O) groups excluding carboxylic acids is 2. The van der Waals surface area contributed by atoms with Crippen LogP contribution in [0.2, 0.25) is 0 Å². The van der Waals surface area contributed by atoms with Crippen LogP contribution in [0.25, 0.3) is 0 Å². The van der Waals surface area contributed by atoms with Crippen molar-refractivity contribution in [3.8, 4) is 11.5 Å². The lowest BCUT2D eigenvalue weighted by Gasteiger charge is -2.36. The van der Waals surface area contributed by atoms with E-state index in [0.717, 1.165) is 98.2 Å². The highest BCUT2D eigenvalue weighted by Gasteiger charge is 2.28. The van der Waals surface area contributed by atoms with Crippen molar-refractivity contribution in [2.45, 2.75) is 90.6 Å². The standard InChI is InChI=1S/C51H60N2O6/c1-3-32-52(46-28-29-47-45(36-46)27-30-48(57-37-41-17-9-6-10-18-41)49(47)58-38-42-19-11-7-12-20-42)33-15-4-5-16-34-53(51(55)59-39-43-21-13-8-14-22-43)35-31-40-23-25-44(26-24-40)50(54)56-2/h6-14,17-27,30,46H,3-5,15-16,28-29,31-39H2,1-2H3/t46-/m0/s1. The van der Waals surface area contributed by atoms with Crippen LogP contribution in [0.3, 0.4) is 0 Å². The molecule has 0 aliphatic heterocycles. The molecule has 0 N–H and O–H groups in total. The Morgan fingerprint density at radius 3 is 1.86 bits per heavy atom. The number of hydrogen-bond acceptors (Lipinski definition) is 7. The molecule has 5 aromatic carbocycles. The quantitative estimate of drug-likeness (QED) is 0.0510. The lowest BCUT2D eigenvalue weighted by atomic mass is 9.86. The Bertz CT molecular complexity index is 2010. The number of benzene rings is 5. The van der Waals surface area contributed by atoms with Gasteiger partial charge in [0.15, 0.2) is 11.5 Å². The Kier molecular flexibility index (Phi) is 16.8. The summed E-state index contributed by atoms with van der Waals surface area (Å²) in [6, 6.07) is 42.7. The molecular weight excluding hydrogens is 737 g/mol. The van der Waals surface area contributed by atoms with Crippen molar-refractivity contribution in [2.75, 3.05) is 33.3 Å². The van der Waals surface area contributed by atoms with Gasteiger partial charge in [-0.3, -0.25) is 0 Å². The Morgan fingerprint density at radius 2 is 1.24 bits per heavy atom. The summed E-state index contributed by atoms with van der Waals surface area (Å²) < 4.78 is 23.6. The molecule has 0 aromatic heterocycles. The van der Waals surface area contributed by atoms with Crippen LogP contribution in [-0.4, -0.2) is 61.2 Å². The molecule has 310 valence electrons. The van der Waals surface area contributed by atoms with E-state index in [2.05, 4.69) is 60.4 Å². The molecule has 1 atom stereocenters. The molecule has 8 heteroatoms. The van der Waals surface area contributed by atoms with Crippen molar-refractivity contribution in [1.29, 1.82) is 0 Å². The Hall–Kier alpha value is -5.60. The molecule has 1 aliphatic carbocycles. The number of ether oxygens (including phenoxy) is 4. The summed E-state index contributed by atoms with van der Waals surface area (Å²) in [5.74, 6) is 1.34. The molecule has 0 saturated carbocycles. The maximum absolute atomic E-state index is 13.3. The minimum absolute atomic E-state index is 0.244. The van der Waals surface area contributed by atoms with Gasteiger partial charge in [0.1, 0.15) is 19.8 Å². The number of unbranched alkanes of at least 4 members (excludes halogenated alkanes) is 3. The minimum Gasteiger partial charge on any atom is -0.485 e. The maximum Gasteiger partial charge on any atom is 0.410 e. The first-order valence-corrected chi connectivity index (χ1v) is 21.4. The number of rotatable bonds is 22. The van der Waals surface area contributed by atoms with Gasteiger partial charge in [0.2, 0.25) is 0 Å². The molecule has 0 unspecified atom stereocenters. The normalized spacial score (nSPS) is 13.4. The second-order valence-corrected chi connectivity index (χ2v) is 15.4. The van der Waals surface area contributed by atoms with Crippen molar-refractivity contribution < 1.29 is 28.5 Å². The predicted molar refractivity (Wildman–Crippen MR) is 234 cm³/mol. The first kappa shape index (κ1) is 43.0. The van der Waals surface area contributed by atoms with Gasteiger partial charge in [-0.25, -0.2) is 9.59 Å². The van der Waals surface area contributed by atoms with Crippen LogP contribution in [0.15, 0.2) is 127 Å². The van der Waals surface area contributed by atoms with Crippen molar-refractivity contribution in [3.63, 3.8) is 0 Å². The van der Waals surface area contributed by atoms with E-state index in [9.17, 15) is 9.59 Å². The molecule has 0 saturated heterocycles. The van der Waals surface area contributed by atoms with Gasteiger partial charge >= 0.3 is 12.1 Å². The van der Waals surface area contributed by atoms with Crippen molar-refractivity contribution >= 4 is 12.1 Å². The number of nitrogens with zero attached hydrogens (tertiary/aromatic N) is 2. The summed E-state index contributed by atoms with van der Waals surface area (Å²) >= 11 is 0. The third kappa shape index (κ3) is 13.2. The molecular formula is C51H60N2O6. The van der Waals surface area contributed by atoms with Gasteiger partial charge in [0.25, 0.3) is 0 Å². The average molecular weight is 797 g/mol. The highest BCUT2D eigenvalue weighted by atomic mass is 16.6. The number of methoxy groups -OCH3 is 1. The average Bonchev–Trinajstić information content (AvgIpc) is 3.29. The number of fused-ring (bicyclic) bond motifs is 1. The highest BCUT2D eigenvalue weighted by Crippen LogP contribution is 2.39. The molecule has 0 radical (unpaired) electrons. The van der Waals surface area contributed by atoms with Gasteiger partial charge in [-0.05, 0) is 104 Å². The molecule has 6 rings (SSSR count). The SMILES string of the molecule is CCCN(CCCCCCN(CCc1ccc(C(=O)OC)cc1)C(=O)OCc1ccccc1)[C@H]1CCc2c(ccc(OCc3ccccc3)c2OCc2ccccc2)C1. The second-order valence-electron chi connectivity index (χ2n) is 15.4. The smallest absolute Gasteiger partial charge is 0.410 e. The van der Waals surface area contributed by atoms with E-state index < -0.39 is 0 Å². The second kappa shape index (κ2) is 23.1. The summed E-state index contributed by atoms with van der Waals surface area (Å²) in [6.45, 7) is 6.84. The van der Waals surface area contributed by atoms with Crippen molar-refractivity contribution in [2.24, 2.45) is 0 Å². The van der Waals surface area contributed by atoms with Gasteiger partial charge in [0.05, 0.1) is 12.7 Å². The Labute approximate surface area is 351 Å². The van der Waals surface area contributed by atoms with Crippen LogP contribution in [0.5, 0.6) is 11.5 Å². The highest BCUT2D eigenvalue weighted by molar-refractivity contribution is 5.89. The van der Waals surface area contributed by atoms with Crippen LogP contribution in [0.4, 0.5) is 4.79 Å². The van der Waals surface area contributed by atoms with Gasteiger partial charge in [-0.2, -0.15) is 0 Å². The first-order chi connectivity index (χ1) is 29.0. The zero-order chi connectivity index (χ0) is 41.1.